The van der Waals surface area contributed by atoms with Gasteiger partial charge in [-0.25, -0.2) is 9.59 Å². The maximum absolute atomic E-state index is 9.10. The maximum Gasteiger partial charge on any atom is 0.414 e. The van der Waals surface area contributed by atoms with Gasteiger partial charge in [-0.1, -0.05) is 32.0 Å². The Morgan fingerprint density at radius 3 is 2.33 bits per heavy atom. The summed E-state index contributed by atoms with van der Waals surface area (Å²) in [6.07, 6.45) is 2.08. The smallest absolute Gasteiger partial charge is 0.414 e. The van der Waals surface area contributed by atoms with Crippen LogP contribution in [0.3, 0.4) is 0 Å². The predicted octanol–water partition coefficient (Wildman–Crippen LogP) is 1.71. The Labute approximate surface area is 142 Å². The van der Waals surface area contributed by atoms with Crippen LogP contribution in [0.4, 0.5) is 0 Å². The quantitative estimate of drug-likeness (QED) is 0.399. The van der Waals surface area contributed by atoms with Gasteiger partial charge in [-0.05, 0) is 36.9 Å². The molecule has 0 amide bonds. The van der Waals surface area contributed by atoms with Crippen molar-refractivity contribution in [2.24, 2.45) is 0 Å². The minimum absolute atomic E-state index is 0.192. The molecule has 1 aromatic carbocycles. The van der Waals surface area contributed by atoms with Crippen LogP contribution in [0.25, 0.3) is 0 Å². The predicted molar refractivity (Wildman–Crippen MR) is 90.5 cm³/mol. The summed E-state index contributed by atoms with van der Waals surface area (Å²) in [5.74, 6) is -2.10. The molecule has 136 valence electrons. The lowest BCUT2D eigenvalue weighted by atomic mass is 9.98. The molecule has 0 aliphatic heterocycles. The van der Waals surface area contributed by atoms with Crippen molar-refractivity contribution in [1.29, 1.82) is 0 Å². The summed E-state index contributed by atoms with van der Waals surface area (Å²) < 4.78 is 5.84. The summed E-state index contributed by atoms with van der Waals surface area (Å²) in [7, 11) is 0. The first-order chi connectivity index (χ1) is 11.4. The molecule has 0 saturated carbocycles. The molecule has 0 aliphatic rings. The SMILES string of the molecule is CCC(C)c1ccccc1OCCCNCCO.O=C(O)C(=O)O. The van der Waals surface area contributed by atoms with Gasteiger partial charge in [-0.2, -0.15) is 0 Å². The second kappa shape index (κ2) is 13.3. The number of carbonyl (C=O) groups is 2. The van der Waals surface area contributed by atoms with Crippen LogP contribution in [0.1, 0.15) is 38.2 Å². The number of nitrogens with one attached hydrogen (secondary N) is 1. The Morgan fingerprint density at radius 1 is 1.17 bits per heavy atom. The van der Waals surface area contributed by atoms with Crippen molar-refractivity contribution >= 4 is 11.9 Å². The van der Waals surface area contributed by atoms with E-state index in [1.807, 2.05) is 12.1 Å². The van der Waals surface area contributed by atoms with Crippen molar-refractivity contribution < 1.29 is 29.6 Å². The zero-order valence-electron chi connectivity index (χ0n) is 14.2. The molecular formula is C17H27NO6. The van der Waals surface area contributed by atoms with E-state index in [2.05, 4.69) is 31.3 Å². The summed E-state index contributed by atoms with van der Waals surface area (Å²) in [6.45, 7) is 6.87. The maximum atomic E-state index is 9.10. The zero-order chi connectivity index (χ0) is 18.4. The van der Waals surface area contributed by atoms with Gasteiger partial charge in [-0.3, -0.25) is 0 Å². The first-order valence-corrected chi connectivity index (χ1v) is 7.93. The average molecular weight is 341 g/mol. The summed E-state index contributed by atoms with van der Waals surface area (Å²) in [5, 5.41) is 26.6. The van der Waals surface area contributed by atoms with Crippen molar-refractivity contribution in [3.8, 4) is 5.75 Å². The van der Waals surface area contributed by atoms with E-state index >= 15 is 0 Å². The summed E-state index contributed by atoms with van der Waals surface area (Å²) in [5.41, 5.74) is 1.29. The summed E-state index contributed by atoms with van der Waals surface area (Å²) in [4.78, 5) is 18.2. The molecule has 0 heterocycles. The molecule has 7 nitrogen and oxygen atoms in total. The Morgan fingerprint density at radius 2 is 1.79 bits per heavy atom. The second-order valence-electron chi connectivity index (χ2n) is 5.13. The third kappa shape index (κ3) is 9.81. The van der Waals surface area contributed by atoms with Crippen molar-refractivity contribution in [3.63, 3.8) is 0 Å². The fourth-order valence-electron chi connectivity index (χ4n) is 1.82. The number of aliphatic hydroxyl groups excluding tert-OH is 1. The highest BCUT2D eigenvalue weighted by Gasteiger charge is 2.08. The molecule has 0 fully saturated rings. The van der Waals surface area contributed by atoms with Crippen molar-refractivity contribution in [3.05, 3.63) is 29.8 Å². The molecule has 1 aromatic rings. The Bertz CT molecular complexity index is 480. The van der Waals surface area contributed by atoms with E-state index in [1.54, 1.807) is 0 Å². The van der Waals surface area contributed by atoms with E-state index in [-0.39, 0.29) is 6.61 Å². The average Bonchev–Trinajstić information content (AvgIpc) is 2.58. The lowest BCUT2D eigenvalue weighted by Crippen LogP contribution is -2.21. The molecule has 0 saturated heterocycles. The van der Waals surface area contributed by atoms with E-state index in [4.69, 9.17) is 29.6 Å². The number of ether oxygens (including phenoxy) is 1. The fraction of sp³-hybridized carbons (Fsp3) is 0.529. The topological polar surface area (TPSA) is 116 Å². The highest BCUT2D eigenvalue weighted by molar-refractivity contribution is 6.27. The molecule has 4 N–H and O–H groups in total. The van der Waals surface area contributed by atoms with Gasteiger partial charge in [0, 0.05) is 6.54 Å². The second-order valence-corrected chi connectivity index (χ2v) is 5.13. The van der Waals surface area contributed by atoms with Gasteiger partial charge in [0.2, 0.25) is 0 Å². The number of hydrogen-bond donors (Lipinski definition) is 4. The molecular weight excluding hydrogens is 314 g/mol. The van der Waals surface area contributed by atoms with Crippen LogP contribution in [0, 0.1) is 0 Å². The molecule has 1 rings (SSSR count). The van der Waals surface area contributed by atoms with Crippen molar-refractivity contribution in [2.75, 3.05) is 26.3 Å². The molecule has 24 heavy (non-hydrogen) atoms. The highest BCUT2D eigenvalue weighted by Crippen LogP contribution is 2.28. The molecule has 7 heteroatoms. The van der Waals surface area contributed by atoms with Gasteiger partial charge in [0.1, 0.15) is 5.75 Å². The van der Waals surface area contributed by atoms with Crippen LogP contribution in [0.5, 0.6) is 5.75 Å². The number of aliphatic hydroxyl groups is 1. The van der Waals surface area contributed by atoms with Crippen LogP contribution in [-0.4, -0.2) is 53.6 Å². The number of aliphatic carboxylic acids is 2. The van der Waals surface area contributed by atoms with E-state index in [0.29, 0.717) is 19.1 Å². The number of para-hydroxylation sites is 1. The number of hydrogen-bond acceptors (Lipinski definition) is 5. The van der Waals surface area contributed by atoms with Crippen molar-refractivity contribution in [1.82, 2.24) is 5.32 Å². The molecule has 0 bridgehead atoms. The summed E-state index contributed by atoms with van der Waals surface area (Å²) in [6, 6.07) is 8.28. The van der Waals surface area contributed by atoms with Crippen LogP contribution >= 0.6 is 0 Å². The molecule has 0 radical (unpaired) electrons. The minimum Gasteiger partial charge on any atom is -0.493 e. The Balaban J connectivity index is 0.000000754. The van der Waals surface area contributed by atoms with Gasteiger partial charge in [0.05, 0.1) is 13.2 Å². The van der Waals surface area contributed by atoms with Crippen molar-refractivity contribution in [2.45, 2.75) is 32.6 Å². The van der Waals surface area contributed by atoms with Crippen LogP contribution in [0.2, 0.25) is 0 Å². The van der Waals surface area contributed by atoms with E-state index < -0.39 is 11.9 Å². The molecule has 1 unspecified atom stereocenters. The minimum atomic E-state index is -1.82. The van der Waals surface area contributed by atoms with E-state index in [1.165, 1.54) is 5.56 Å². The lowest BCUT2D eigenvalue weighted by Gasteiger charge is -2.15. The van der Waals surface area contributed by atoms with Gasteiger partial charge >= 0.3 is 11.9 Å². The molecule has 0 aliphatic carbocycles. The zero-order valence-corrected chi connectivity index (χ0v) is 14.2. The Hall–Kier alpha value is -2.12. The van der Waals surface area contributed by atoms with Crippen LogP contribution in [0.15, 0.2) is 24.3 Å². The Kier molecular flexibility index (Phi) is 12.2. The van der Waals surface area contributed by atoms with Gasteiger partial charge in [0.15, 0.2) is 0 Å². The fourth-order valence-corrected chi connectivity index (χ4v) is 1.82. The van der Waals surface area contributed by atoms with Gasteiger partial charge in [0.25, 0.3) is 0 Å². The monoisotopic (exact) mass is 341 g/mol. The molecule has 1 atom stereocenters. The van der Waals surface area contributed by atoms with E-state index in [9.17, 15) is 0 Å². The van der Waals surface area contributed by atoms with E-state index in [0.717, 1.165) is 25.1 Å². The van der Waals surface area contributed by atoms with Crippen LogP contribution < -0.4 is 10.1 Å². The largest absolute Gasteiger partial charge is 0.493 e. The number of carboxylic acids is 2. The first-order valence-electron chi connectivity index (χ1n) is 7.93. The standard InChI is InChI=1S/C15H25NO2.C2H2O4/c1-3-13(2)14-7-4-5-8-15(14)18-12-6-9-16-10-11-17;3-1(4)2(5)6/h4-5,7-8,13,16-17H,3,6,9-12H2,1-2H3;(H,3,4)(H,5,6). The third-order valence-corrected chi connectivity index (χ3v) is 3.29. The summed E-state index contributed by atoms with van der Waals surface area (Å²) >= 11 is 0. The normalized spacial score (nSPS) is 11.1. The third-order valence-electron chi connectivity index (χ3n) is 3.29. The highest BCUT2D eigenvalue weighted by atomic mass is 16.5. The first kappa shape index (κ1) is 21.9. The number of rotatable bonds is 9. The molecule has 0 aromatic heterocycles. The van der Waals surface area contributed by atoms with Crippen LogP contribution in [-0.2, 0) is 9.59 Å². The van der Waals surface area contributed by atoms with Gasteiger partial charge in [-0.15, -0.1) is 0 Å². The lowest BCUT2D eigenvalue weighted by molar-refractivity contribution is -0.159. The molecule has 0 spiro atoms. The number of benzene rings is 1. The number of carboxylic acid groups (broad SMARTS) is 2. The van der Waals surface area contributed by atoms with Gasteiger partial charge < -0.3 is 25.4 Å².